The third-order valence-electron chi connectivity index (χ3n) is 6.67. The Balaban J connectivity index is 1.54. The fraction of sp³-hybridized carbons (Fsp3) is 0.414. The SMILES string of the molecule is CCC(C)C(NC(=O)c1ccc(C#Cc2ccc(NC(=O)CCC3CCC3)cc2)cc1)C(=O)CO. The summed E-state index contributed by atoms with van der Waals surface area (Å²) in [5, 5.41) is 14.9. The molecular formula is C29H34N2O4. The van der Waals surface area contributed by atoms with E-state index in [1.807, 2.05) is 38.1 Å². The second-order valence-electron chi connectivity index (χ2n) is 9.25. The number of anilines is 1. The van der Waals surface area contributed by atoms with E-state index in [9.17, 15) is 19.5 Å². The van der Waals surface area contributed by atoms with Crippen LogP contribution in [0.25, 0.3) is 0 Å². The summed E-state index contributed by atoms with van der Waals surface area (Å²) in [4.78, 5) is 36.7. The summed E-state index contributed by atoms with van der Waals surface area (Å²) in [6.45, 7) is 3.20. The number of hydrogen-bond acceptors (Lipinski definition) is 4. The molecule has 184 valence electrons. The van der Waals surface area contributed by atoms with Crippen molar-refractivity contribution >= 4 is 23.3 Å². The van der Waals surface area contributed by atoms with Gasteiger partial charge >= 0.3 is 0 Å². The van der Waals surface area contributed by atoms with Crippen molar-refractivity contribution in [3.05, 3.63) is 65.2 Å². The molecule has 1 fully saturated rings. The van der Waals surface area contributed by atoms with Gasteiger partial charge in [-0.25, -0.2) is 0 Å². The number of rotatable bonds is 10. The molecule has 3 rings (SSSR count). The van der Waals surface area contributed by atoms with Gasteiger partial charge in [0.2, 0.25) is 5.91 Å². The maximum atomic E-state index is 12.6. The van der Waals surface area contributed by atoms with Crippen molar-refractivity contribution in [2.24, 2.45) is 11.8 Å². The van der Waals surface area contributed by atoms with Crippen LogP contribution in [0.2, 0.25) is 0 Å². The van der Waals surface area contributed by atoms with Gasteiger partial charge in [0.05, 0.1) is 6.04 Å². The number of Topliss-reactive ketones (excluding diaryl/α,β-unsaturated/α-hetero) is 1. The molecule has 2 amide bonds. The second kappa shape index (κ2) is 12.9. The fourth-order valence-corrected chi connectivity index (χ4v) is 3.93. The lowest BCUT2D eigenvalue weighted by atomic mass is 9.82. The van der Waals surface area contributed by atoms with Crippen molar-refractivity contribution in [3.8, 4) is 11.8 Å². The highest BCUT2D eigenvalue weighted by molar-refractivity contribution is 5.98. The highest BCUT2D eigenvalue weighted by Gasteiger charge is 2.25. The number of nitrogens with one attached hydrogen (secondary N) is 2. The minimum atomic E-state index is -0.715. The number of hydrogen-bond donors (Lipinski definition) is 3. The zero-order chi connectivity index (χ0) is 25.2. The summed E-state index contributed by atoms with van der Waals surface area (Å²) < 4.78 is 0. The first-order valence-electron chi connectivity index (χ1n) is 12.4. The molecule has 0 saturated heterocycles. The van der Waals surface area contributed by atoms with Crippen LogP contribution in [0.1, 0.15) is 73.9 Å². The van der Waals surface area contributed by atoms with Crippen LogP contribution in [-0.2, 0) is 9.59 Å². The van der Waals surface area contributed by atoms with Crippen LogP contribution in [-0.4, -0.2) is 35.4 Å². The number of ketones is 1. The van der Waals surface area contributed by atoms with Crippen LogP contribution < -0.4 is 10.6 Å². The summed E-state index contributed by atoms with van der Waals surface area (Å²) >= 11 is 0. The van der Waals surface area contributed by atoms with Crippen LogP contribution in [0.4, 0.5) is 5.69 Å². The summed E-state index contributed by atoms with van der Waals surface area (Å²) in [5.74, 6) is 6.11. The number of carbonyl (C=O) groups excluding carboxylic acids is 3. The van der Waals surface area contributed by atoms with Gasteiger partial charge in [-0.2, -0.15) is 0 Å². The number of carbonyl (C=O) groups is 3. The van der Waals surface area contributed by atoms with E-state index in [2.05, 4.69) is 22.5 Å². The predicted molar refractivity (Wildman–Crippen MR) is 137 cm³/mol. The summed E-state index contributed by atoms with van der Waals surface area (Å²) in [7, 11) is 0. The molecule has 6 nitrogen and oxygen atoms in total. The van der Waals surface area contributed by atoms with E-state index in [-0.39, 0.29) is 17.7 Å². The highest BCUT2D eigenvalue weighted by Crippen LogP contribution is 2.30. The van der Waals surface area contributed by atoms with Gasteiger partial charge in [0.15, 0.2) is 5.78 Å². The maximum Gasteiger partial charge on any atom is 0.251 e. The minimum Gasteiger partial charge on any atom is -0.389 e. The average molecular weight is 475 g/mol. The van der Waals surface area contributed by atoms with Crippen molar-refractivity contribution in [3.63, 3.8) is 0 Å². The normalized spacial score (nSPS) is 14.6. The Bertz CT molecular complexity index is 1080. The van der Waals surface area contributed by atoms with E-state index < -0.39 is 18.4 Å². The van der Waals surface area contributed by atoms with Gasteiger partial charge in [-0.1, -0.05) is 51.4 Å². The molecule has 1 aliphatic carbocycles. The first-order valence-corrected chi connectivity index (χ1v) is 12.4. The Labute approximate surface area is 207 Å². The van der Waals surface area contributed by atoms with Crippen LogP contribution in [0.15, 0.2) is 48.5 Å². The highest BCUT2D eigenvalue weighted by atomic mass is 16.3. The van der Waals surface area contributed by atoms with E-state index in [1.165, 1.54) is 19.3 Å². The first kappa shape index (κ1) is 26.2. The van der Waals surface area contributed by atoms with Crippen molar-refractivity contribution in [1.82, 2.24) is 5.32 Å². The van der Waals surface area contributed by atoms with Gasteiger partial charge in [-0.3, -0.25) is 14.4 Å². The van der Waals surface area contributed by atoms with Gasteiger partial charge in [0.25, 0.3) is 5.91 Å². The lowest BCUT2D eigenvalue weighted by Crippen LogP contribution is -2.46. The molecule has 0 spiro atoms. The quantitative estimate of drug-likeness (QED) is 0.447. The Morgan fingerprint density at radius 1 is 1.00 bits per heavy atom. The molecule has 35 heavy (non-hydrogen) atoms. The first-order chi connectivity index (χ1) is 16.9. The molecule has 0 heterocycles. The van der Waals surface area contributed by atoms with E-state index in [0.717, 1.165) is 29.2 Å². The van der Waals surface area contributed by atoms with E-state index in [4.69, 9.17) is 0 Å². The van der Waals surface area contributed by atoms with Gasteiger partial charge in [-0.15, -0.1) is 0 Å². The van der Waals surface area contributed by atoms with E-state index >= 15 is 0 Å². The molecule has 1 saturated carbocycles. The molecule has 0 bridgehead atoms. The summed E-state index contributed by atoms with van der Waals surface area (Å²) in [6, 6.07) is 13.5. The van der Waals surface area contributed by atoms with Crippen LogP contribution in [0, 0.1) is 23.7 Å². The van der Waals surface area contributed by atoms with Crippen molar-refractivity contribution in [2.45, 2.75) is 58.4 Å². The molecule has 2 atom stereocenters. The number of benzene rings is 2. The molecule has 1 aliphatic rings. The monoisotopic (exact) mass is 474 g/mol. The van der Waals surface area contributed by atoms with Gasteiger partial charge in [0, 0.05) is 28.8 Å². The van der Waals surface area contributed by atoms with E-state index in [0.29, 0.717) is 18.4 Å². The summed E-state index contributed by atoms with van der Waals surface area (Å²) in [5.41, 5.74) is 2.75. The lowest BCUT2D eigenvalue weighted by molar-refractivity contribution is -0.124. The maximum absolute atomic E-state index is 12.6. The number of aliphatic hydroxyl groups excluding tert-OH is 1. The second-order valence-corrected chi connectivity index (χ2v) is 9.25. The molecule has 0 aliphatic heterocycles. The Kier molecular flexibility index (Phi) is 9.63. The number of amides is 2. The van der Waals surface area contributed by atoms with Gasteiger partial charge in [-0.05, 0) is 66.8 Å². The average Bonchev–Trinajstić information content (AvgIpc) is 2.85. The lowest BCUT2D eigenvalue weighted by Gasteiger charge is -2.24. The molecule has 2 aromatic rings. The molecule has 2 unspecified atom stereocenters. The molecular weight excluding hydrogens is 440 g/mol. The van der Waals surface area contributed by atoms with Crippen LogP contribution in [0.5, 0.6) is 0 Å². The largest absolute Gasteiger partial charge is 0.389 e. The third-order valence-corrected chi connectivity index (χ3v) is 6.67. The molecule has 0 aromatic heterocycles. The Morgan fingerprint density at radius 3 is 2.11 bits per heavy atom. The minimum absolute atomic E-state index is 0.0519. The zero-order valence-electron chi connectivity index (χ0n) is 20.5. The standard InChI is InChI=1S/C29H34N2O4/c1-3-20(2)28(26(33)19-32)31-29(35)24-14-9-22(10-15-24)7-8-23-11-16-25(17-12-23)30-27(34)18-13-21-5-4-6-21/h9-12,14-17,20-21,28,32H,3-6,13,18-19H2,1-2H3,(H,30,34)(H,31,35). The van der Waals surface area contributed by atoms with Gasteiger partial charge in [0.1, 0.15) is 6.61 Å². The van der Waals surface area contributed by atoms with Crippen molar-refractivity contribution in [1.29, 1.82) is 0 Å². The van der Waals surface area contributed by atoms with Crippen molar-refractivity contribution < 1.29 is 19.5 Å². The Morgan fingerprint density at radius 2 is 1.60 bits per heavy atom. The Hall–Kier alpha value is -3.43. The molecule has 0 radical (unpaired) electrons. The fourth-order valence-electron chi connectivity index (χ4n) is 3.93. The molecule has 2 aromatic carbocycles. The van der Waals surface area contributed by atoms with Crippen molar-refractivity contribution in [2.75, 3.05) is 11.9 Å². The summed E-state index contributed by atoms with van der Waals surface area (Å²) in [6.07, 6.45) is 6.03. The molecule has 3 N–H and O–H groups in total. The smallest absolute Gasteiger partial charge is 0.251 e. The van der Waals surface area contributed by atoms with E-state index in [1.54, 1.807) is 24.3 Å². The number of aliphatic hydroxyl groups is 1. The predicted octanol–water partition coefficient (Wildman–Crippen LogP) is 4.31. The van der Waals surface area contributed by atoms with Crippen LogP contribution in [0.3, 0.4) is 0 Å². The third kappa shape index (κ3) is 7.80. The zero-order valence-corrected chi connectivity index (χ0v) is 20.5. The van der Waals surface area contributed by atoms with Gasteiger partial charge < -0.3 is 15.7 Å². The molecule has 6 heteroatoms. The topological polar surface area (TPSA) is 95.5 Å². The van der Waals surface area contributed by atoms with Crippen LogP contribution >= 0.6 is 0 Å².